The Morgan fingerprint density at radius 3 is 2.57 bits per heavy atom. The van der Waals surface area contributed by atoms with Gasteiger partial charge in [0.05, 0.1) is 0 Å². The lowest BCUT2D eigenvalue weighted by Gasteiger charge is -1.89. The van der Waals surface area contributed by atoms with E-state index in [4.69, 9.17) is 5.73 Å². The standard InChI is InChI=1S/C11H10N2S/c12-11-13-8-10(14-11)7-6-9-4-2-1-3-5-9/h1-8H,(H2,12,13)/b7-6+. The highest BCUT2D eigenvalue weighted by molar-refractivity contribution is 7.16. The molecule has 2 N–H and O–H groups in total. The van der Waals surface area contributed by atoms with E-state index >= 15 is 0 Å². The molecule has 1 aromatic carbocycles. The Morgan fingerprint density at radius 2 is 1.93 bits per heavy atom. The summed E-state index contributed by atoms with van der Waals surface area (Å²) in [6.07, 6.45) is 5.84. The van der Waals surface area contributed by atoms with E-state index in [-0.39, 0.29) is 0 Å². The van der Waals surface area contributed by atoms with Crippen LogP contribution in [0.15, 0.2) is 36.5 Å². The summed E-state index contributed by atoms with van der Waals surface area (Å²) in [5.74, 6) is 0. The van der Waals surface area contributed by atoms with Crippen molar-refractivity contribution in [3.63, 3.8) is 0 Å². The molecular weight excluding hydrogens is 192 g/mol. The zero-order valence-electron chi connectivity index (χ0n) is 7.55. The van der Waals surface area contributed by atoms with Crippen LogP contribution in [0.25, 0.3) is 12.2 Å². The molecule has 70 valence electrons. The van der Waals surface area contributed by atoms with E-state index in [1.54, 1.807) is 6.20 Å². The predicted molar refractivity (Wildman–Crippen MR) is 61.9 cm³/mol. The minimum atomic E-state index is 0.609. The molecule has 0 bridgehead atoms. The van der Waals surface area contributed by atoms with Crippen molar-refractivity contribution in [3.05, 3.63) is 47.0 Å². The van der Waals surface area contributed by atoms with Gasteiger partial charge in [0, 0.05) is 11.1 Å². The maximum absolute atomic E-state index is 5.52. The van der Waals surface area contributed by atoms with Crippen molar-refractivity contribution >= 4 is 28.6 Å². The summed E-state index contributed by atoms with van der Waals surface area (Å²) in [7, 11) is 0. The maximum Gasteiger partial charge on any atom is 0.180 e. The maximum atomic E-state index is 5.52. The molecule has 1 heterocycles. The molecule has 0 aliphatic heterocycles. The molecule has 3 heteroatoms. The molecule has 0 atom stereocenters. The predicted octanol–water partition coefficient (Wildman–Crippen LogP) is 2.90. The molecule has 2 nitrogen and oxygen atoms in total. The fraction of sp³-hybridized carbons (Fsp3) is 0. The van der Waals surface area contributed by atoms with Gasteiger partial charge in [0.15, 0.2) is 5.13 Å². The molecule has 1 aromatic heterocycles. The number of thiazole rings is 1. The van der Waals surface area contributed by atoms with E-state index in [0.29, 0.717) is 5.13 Å². The van der Waals surface area contributed by atoms with E-state index in [2.05, 4.69) is 17.1 Å². The van der Waals surface area contributed by atoms with Crippen molar-refractivity contribution in [2.45, 2.75) is 0 Å². The first-order valence-corrected chi connectivity index (χ1v) is 5.11. The minimum Gasteiger partial charge on any atom is -0.375 e. The number of hydrogen-bond acceptors (Lipinski definition) is 3. The summed E-state index contributed by atoms with van der Waals surface area (Å²) in [6.45, 7) is 0. The van der Waals surface area contributed by atoms with Crippen LogP contribution < -0.4 is 5.73 Å². The molecule has 2 rings (SSSR count). The second kappa shape index (κ2) is 4.07. The van der Waals surface area contributed by atoms with Gasteiger partial charge in [0.25, 0.3) is 0 Å². The van der Waals surface area contributed by atoms with Crippen molar-refractivity contribution < 1.29 is 0 Å². The van der Waals surface area contributed by atoms with Crippen molar-refractivity contribution in [2.24, 2.45) is 0 Å². The number of anilines is 1. The average molecular weight is 202 g/mol. The summed E-state index contributed by atoms with van der Waals surface area (Å²) in [5, 5.41) is 0.609. The van der Waals surface area contributed by atoms with Crippen LogP contribution in [0, 0.1) is 0 Å². The molecule has 0 saturated heterocycles. The molecule has 0 saturated carbocycles. The third-order valence-corrected chi connectivity index (χ3v) is 2.57. The Morgan fingerprint density at radius 1 is 1.14 bits per heavy atom. The Balaban J connectivity index is 2.15. The van der Waals surface area contributed by atoms with Gasteiger partial charge in [-0.15, -0.1) is 0 Å². The van der Waals surface area contributed by atoms with Gasteiger partial charge in [0.1, 0.15) is 0 Å². The van der Waals surface area contributed by atoms with E-state index in [0.717, 1.165) is 4.88 Å². The fourth-order valence-electron chi connectivity index (χ4n) is 1.12. The van der Waals surface area contributed by atoms with Crippen molar-refractivity contribution in [3.8, 4) is 0 Å². The molecular formula is C11H10N2S. The van der Waals surface area contributed by atoms with Gasteiger partial charge >= 0.3 is 0 Å². The Labute approximate surface area is 86.7 Å². The monoisotopic (exact) mass is 202 g/mol. The van der Waals surface area contributed by atoms with E-state index in [1.165, 1.54) is 16.9 Å². The molecule has 0 aliphatic rings. The number of rotatable bonds is 2. The number of hydrogen-bond donors (Lipinski definition) is 1. The second-order valence-electron chi connectivity index (χ2n) is 2.84. The number of nitrogen functional groups attached to an aromatic ring is 1. The van der Waals surface area contributed by atoms with Crippen molar-refractivity contribution in [1.82, 2.24) is 4.98 Å². The molecule has 0 aliphatic carbocycles. The van der Waals surface area contributed by atoms with Crippen LogP contribution in [0.5, 0.6) is 0 Å². The van der Waals surface area contributed by atoms with Gasteiger partial charge in [-0.2, -0.15) is 0 Å². The Hall–Kier alpha value is -1.61. The van der Waals surface area contributed by atoms with E-state index < -0.39 is 0 Å². The van der Waals surface area contributed by atoms with Gasteiger partial charge in [-0.1, -0.05) is 47.7 Å². The zero-order chi connectivity index (χ0) is 9.80. The summed E-state index contributed by atoms with van der Waals surface area (Å²) in [6, 6.07) is 10.1. The number of nitrogens with two attached hydrogens (primary N) is 1. The molecule has 0 fully saturated rings. The lowest BCUT2D eigenvalue weighted by atomic mass is 10.2. The summed E-state index contributed by atoms with van der Waals surface area (Å²) >= 11 is 1.49. The normalized spacial score (nSPS) is 10.9. The van der Waals surface area contributed by atoms with Crippen LogP contribution >= 0.6 is 11.3 Å². The van der Waals surface area contributed by atoms with Gasteiger partial charge in [-0.25, -0.2) is 4.98 Å². The van der Waals surface area contributed by atoms with Gasteiger partial charge < -0.3 is 5.73 Å². The molecule has 0 amide bonds. The SMILES string of the molecule is Nc1ncc(/C=C/c2ccccc2)s1. The molecule has 2 aromatic rings. The first-order valence-electron chi connectivity index (χ1n) is 4.29. The van der Waals surface area contributed by atoms with Gasteiger partial charge in [-0.05, 0) is 11.6 Å². The topological polar surface area (TPSA) is 38.9 Å². The summed E-state index contributed by atoms with van der Waals surface area (Å²) in [4.78, 5) is 5.05. The van der Waals surface area contributed by atoms with Crippen LogP contribution in [-0.2, 0) is 0 Å². The number of nitrogens with zero attached hydrogens (tertiary/aromatic N) is 1. The van der Waals surface area contributed by atoms with E-state index in [1.807, 2.05) is 30.4 Å². The van der Waals surface area contributed by atoms with Crippen molar-refractivity contribution in [1.29, 1.82) is 0 Å². The van der Waals surface area contributed by atoms with Crippen molar-refractivity contribution in [2.75, 3.05) is 5.73 Å². The number of benzene rings is 1. The highest BCUT2D eigenvalue weighted by atomic mass is 32.1. The minimum absolute atomic E-state index is 0.609. The molecule has 0 spiro atoms. The van der Waals surface area contributed by atoms with Gasteiger partial charge in [0.2, 0.25) is 0 Å². The fourth-order valence-corrected chi connectivity index (χ4v) is 1.71. The number of aromatic nitrogens is 1. The Kier molecular flexibility index (Phi) is 2.60. The zero-order valence-corrected chi connectivity index (χ0v) is 8.37. The molecule has 0 radical (unpaired) electrons. The van der Waals surface area contributed by atoms with Gasteiger partial charge in [-0.3, -0.25) is 0 Å². The largest absolute Gasteiger partial charge is 0.375 e. The van der Waals surface area contributed by atoms with Crippen LogP contribution in [0.2, 0.25) is 0 Å². The second-order valence-corrected chi connectivity index (χ2v) is 3.94. The van der Waals surface area contributed by atoms with Crippen LogP contribution in [0.4, 0.5) is 5.13 Å². The highest BCUT2D eigenvalue weighted by Gasteiger charge is 1.92. The third kappa shape index (κ3) is 2.20. The van der Waals surface area contributed by atoms with Crippen LogP contribution in [-0.4, -0.2) is 4.98 Å². The lowest BCUT2D eigenvalue weighted by Crippen LogP contribution is -1.77. The van der Waals surface area contributed by atoms with Crippen LogP contribution in [0.3, 0.4) is 0 Å². The lowest BCUT2D eigenvalue weighted by molar-refractivity contribution is 1.42. The summed E-state index contributed by atoms with van der Waals surface area (Å²) in [5.41, 5.74) is 6.70. The molecule has 14 heavy (non-hydrogen) atoms. The Bertz CT molecular complexity index is 432. The quantitative estimate of drug-likeness (QED) is 0.813. The first-order chi connectivity index (χ1) is 6.84. The molecule has 0 unspecified atom stereocenters. The summed E-state index contributed by atoms with van der Waals surface area (Å²) < 4.78 is 0. The highest BCUT2D eigenvalue weighted by Crippen LogP contribution is 2.17. The first kappa shape index (κ1) is 8.97. The van der Waals surface area contributed by atoms with E-state index in [9.17, 15) is 0 Å². The average Bonchev–Trinajstić information content (AvgIpc) is 2.63. The third-order valence-electron chi connectivity index (χ3n) is 1.78. The smallest absolute Gasteiger partial charge is 0.180 e. The van der Waals surface area contributed by atoms with Crippen LogP contribution in [0.1, 0.15) is 10.4 Å².